The maximum atomic E-state index is 13.4. The number of nitrogens with zero attached hydrogens (tertiary/aromatic N) is 1. The third-order valence-electron chi connectivity index (χ3n) is 2.91. The van der Waals surface area contributed by atoms with Crippen LogP contribution in [0.2, 0.25) is 0 Å². The van der Waals surface area contributed by atoms with Gasteiger partial charge in [0, 0.05) is 6.07 Å². The van der Waals surface area contributed by atoms with Gasteiger partial charge in [-0.25, -0.2) is 13.6 Å². The van der Waals surface area contributed by atoms with Crippen LogP contribution >= 0.6 is 0 Å². The molecule has 0 unspecified atom stereocenters. The fourth-order valence-corrected chi connectivity index (χ4v) is 1.74. The first-order valence-corrected chi connectivity index (χ1v) is 7.01. The molecule has 1 N–H and O–H groups in total. The number of esters is 1. The van der Waals surface area contributed by atoms with Crippen LogP contribution in [0.1, 0.15) is 5.56 Å². The highest BCUT2D eigenvalue weighted by Crippen LogP contribution is 2.15. The van der Waals surface area contributed by atoms with E-state index >= 15 is 0 Å². The number of anilines is 1. The maximum Gasteiger partial charge on any atom is 0.344 e. The molecule has 0 fully saturated rings. The molecule has 0 aliphatic carbocycles. The van der Waals surface area contributed by atoms with Gasteiger partial charge in [-0.15, -0.1) is 0 Å². The van der Waals surface area contributed by atoms with E-state index in [2.05, 4.69) is 10.1 Å². The van der Waals surface area contributed by atoms with Crippen LogP contribution in [0.5, 0.6) is 5.75 Å². The first kappa shape index (κ1) is 17.9. The standard InChI is InChI=1S/C17H12F2N2O4/c18-12-3-6-14(19)15(7-12)21-16(22)9-25-17(23)10-24-13-4-1-11(8-20)2-5-13/h1-7H,9-10H2,(H,21,22). The molecule has 2 aromatic carbocycles. The number of amides is 1. The topological polar surface area (TPSA) is 88.4 Å². The van der Waals surface area contributed by atoms with Gasteiger partial charge in [0.2, 0.25) is 0 Å². The van der Waals surface area contributed by atoms with Crippen molar-refractivity contribution in [2.24, 2.45) is 0 Å². The number of halogens is 2. The normalized spacial score (nSPS) is 9.80. The van der Waals surface area contributed by atoms with E-state index in [9.17, 15) is 18.4 Å². The highest BCUT2D eigenvalue weighted by molar-refractivity contribution is 5.92. The minimum Gasteiger partial charge on any atom is -0.482 e. The van der Waals surface area contributed by atoms with Gasteiger partial charge in [-0.1, -0.05) is 0 Å². The molecule has 0 radical (unpaired) electrons. The Balaban J connectivity index is 1.76. The summed E-state index contributed by atoms with van der Waals surface area (Å²) < 4.78 is 36.1. The number of nitrogens with one attached hydrogen (secondary N) is 1. The molecule has 25 heavy (non-hydrogen) atoms. The summed E-state index contributed by atoms with van der Waals surface area (Å²) >= 11 is 0. The van der Waals surface area contributed by atoms with Gasteiger partial charge in [-0.2, -0.15) is 5.26 Å². The Bertz CT molecular complexity index is 816. The van der Waals surface area contributed by atoms with Crippen molar-refractivity contribution in [1.29, 1.82) is 5.26 Å². The van der Waals surface area contributed by atoms with Crippen LogP contribution in [0.15, 0.2) is 42.5 Å². The van der Waals surface area contributed by atoms with Crippen LogP contribution in [0.25, 0.3) is 0 Å². The van der Waals surface area contributed by atoms with Gasteiger partial charge in [-0.3, -0.25) is 4.79 Å². The highest BCUT2D eigenvalue weighted by Gasteiger charge is 2.11. The third-order valence-corrected chi connectivity index (χ3v) is 2.91. The molecule has 0 aliphatic heterocycles. The molecule has 0 aromatic heterocycles. The average molecular weight is 346 g/mol. The molecular formula is C17H12F2N2O4. The number of nitriles is 1. The van der Waals surface area contributed by atoms with Crippen molar-refractivity contribution in [3.63, 3.8) is 0 Å². The molecule has 0 atom stereocenters. The van der Waals surface area contributed by atoms with E-state index < -0.39 is 36.7 Å². The zero-order valence-electron chi connectivity index (χ0n) is 12.8. The van der Waals surface area contributed by atoms with Gasteiger partial charge in [0.15, 0.2) is 13.2 Å². The molecule has 1 amide bonds. The van der Waals surface area contributed by atoms with Crippen molar-refractivity contribution in [2.45, 2.75) is 0 Å². The van der Waals surface area contributed by atoms with Crippen LogP contribution < -0.4 is 10.1 Å². The molecule has 0 aliphatic rings. The van der Waals surface area contributed by atoms with Crippen molar-refractivity contribution >= 4 is 17.6 Å². The van der Waals surface area contributed by atoms with Crippen molar-refractivity contribution < 1.29 is 27.8 Å². The molecule has 8 heteroatoms. The van der Waals surface area contributed by atoms with Gasteiger partial charge in [0.05, 0.1) is 17.3 Å². The second kappa shape index (κ2) is 8.40. The van der Waals surface area contributed by atoms with E-state index in [0.717, 1.165) is 18.2 Å². The van der Waals surface area contributed by atoms with Gasteiger partial charge in [-0.05, 0) is 36.4 Å². The molecule has 0 heterocycles. The fraction of sp³-hybridized carbons (Fsp3) is 0.118. The van der Waals surface area contributed by atoms with E-state index in [1.807, 2.05) is 6.07 Å². The summed E-state index contributed by atoms with van der Waals surface area (Å²) in [6, 6.07) is 10.6. The van der Waals surface area contributed by atoms with Crippen LogP contribution in [0.4, 0.5) is 14.5 Å². The number of carbonyl (C=O) groups excluding carboxylic acids is 2. The fourth-order valence-electron chi connectivity index (χ4n) is 1.74. The van der Waals surface area contributed by atoms with Crippen LogP contribution in [0.3, 0.4) is 0 Å². The first-order chi connectivity index (χ1) is 12.0. The second-order valence-corrected chi connectivity index (χ2v) is 4.76. The lowest BCUT2D eigenvalue weighted by Crippen LogP contribution is -2.24. The Morgan fingerprint density at radius 3 is 2.48 bits per heavy atom. The lowest BCUT2D eigenvalue weighted by Gasteiger charge is -2.08. The number of hydrogen-bond donors (Lipinski definition) is 1. The maximum absolute atomic E-state index is 13.4. The van der Waals surface area contributed by atoms with E-state index in [1.165, 1.54) is 24.3 Å². The Hall–Kier alpha value is -3.47. The molecule has 128 valence electrons. The summed E-state index contributed by atoms with van der Waals surface area (Å²) in [6.07, 6.45) is 0. The summed E-state index contributed by atoms with van der Waals surface area (Å²) in [5.41, 5.74) is 0.0889. The Morgan fingerprint density at radius 2 is 1.80 bits per heavy atom. The highest BCUT2D eigenvalue weighted by atomic mass is 19.1. The average Bonchev–Trinajstić information content (AvgIpc) is 2.61. The number of benzene rings is 2. The third kappa shape index (κ3) is 5.58. The van der Waals surface area contributed by atoms with Gasteiger partial charge < -0.3 is 14.8 Å². The second-order valence-electron chi connectivity index (χ2n) is 4.76. The SMILES string of the molecule is N#Cc1ccc(OCC(=O)OCC(=O)Nc2cc(F)ccc2F)cc1. The summed E-state index contributed by atoms with van der Waals surface area (Å²) in [7, 11) is 0. The van der Waals surface area contributed by atoms with E-state index in [1.54, 1.807) is 0 Å². The van der Waals surface area contributed by atoms with E-state index in [0.29, 0.717) is 11.3 Å². The first-order valence-electron chi connectivity index (χ1n) is 7.01. The Kier molecular flexibility index (Phi) is 6.01. The quantitative estimate of drug-likeness (QED) is 0.812. The lowest BCUT2D eigenvalue weighted by molar-refractivity contribution is -0.149. The van der Waals surface area contributed by atoms with Crippen molar-refractivity contribution in [3.05, 3.63) is 59.7 Å². The predicted molar refractivity (Wildman–Crippen MR) is 82.6 cm³/mol. The summed E-state index contributed by atoms with van der Waals surface area (Å²) in [5.74, 6) is -2.83. The summed E-state index contributed by atoms with van der Waals surface area (Å²) in [6.45, 7) is -1.13. The molecule has 0 spiro atoms. The van der Waals surface area contributed by atoms with Crippen molar-refractivity contribution in [2.75, 3.05) is 18.5 Å². The molecule has 0 saturated heterocycles. The van der Waals surface area contributed by atoms with Crippen LogP contribution in [0, 0.1) is 23.0 Å². The van der Waals surface area contributed by atoms with E-state index in [-0.39, 0.29) is 5.69 Å². The zero-order chi connectivity index (χ0) is 18.2. The monoisotopic (exact) mass is 346 g/mol. The van der Waals surface area contributed by atoms with Crippen LogP contribution in [-0.4, -0.2) is 25.1 Å². The zero-order valence-corrected chi connectivity index (χ0v) is 12.8. The smallest absolute Gasteiger partial charge is 0.344 e. The molecule has 2 rings (SSSR count). The molecule has 6 nitrogen and oxygen atoms in total. The number of hydrogen-bond acceptors (Lipinski definition) is 5. The minimum atomic E-state index is -0.823. The van der Waals surface area contributed by atoms with Gasteiger partial charge in [0.1, 0.15) is 17.4 Å². The van der Waals surface area contributed by atoms with Crippen molar-refractivity contribution in [1.82, 2.24) is 0 Å². The number of rotatable bonds is 6. The Morgan fingerprint density at radius 1 is 1.08 bits per heavy atom. The van der Waals surface area contributed by atoms with Gasteiger partial charge >= 0.3 is 5.97 Å². The molecular weight excluding hydrogens is 334 g/mol. The van der Waals surface area contributed by atoms with Crippen molar-refractivity contribution in [3.8, 4) is 11.8 Å². The van der Waals surface area contributed by atoms with Crippen LogP contribution in [-0.2, 0) is 14.3 Å². The molecule has 0 saturated carbocycles. The number of ether oxygens (including phenoxy) is 2. The summed E-state index contributed by atoms with van der Waals surface area (Å²) in [4.78, 5) is 23.1. The molecule has 2 aromatic rings. The Labute approximate surface area is 141 Å². The van der Waals surface area contributed by atoms with Gasteiger partial charge in [0.25, 0.3) is 5.91 Å². The summed E-state index contributed by atoms with van der Waals surface area (Å²) in [5, 5.41) is 10.7. The molecule has 0 bridgehead atoms. The lowest BCUT2D eigenvalue weighted by atomic mass is 10.2. The largest absolute Gasteiger partial charge is 0.482 e. The minimum absolute atomic E-state index is 0.349. The van der Waals surface area contributed by atoms with E-state index in [4.69, 9.17) is 10.00 Å². The predicted octanol–water partition coefficient (Wildman–Crippen LogP) is 2.40. The number of carbonyl (C=O) groups is 2.